The number of amides is 3. The summed E-state index contributed by atoms with van der Waals surface area (Å²) in [4.78, 5) is 105. The van der Waals surface area contributed by atoms with E-state index in [1.807, 2.05) is 130 Å². The molecule has 3 N–H and O–H groups in total. The summed E-state index contributed by atoms with van der Waals surface area (Å²) in [6.45, 7) is 15.8. The molecular weight excluding hydrogens is 1220 g/mol. The molecule has 12 rings (SSSR count). The molecule has 21 nitrogen and oxygen atoms in total. The van der Waals surface area contributed by atoms with Gasteiger partial charge >= 0.3 is 17.9 Å². The molecule has 492 valence electrons. The summed E-state index contributed by atoms with van der Waals surface area (Å²) in [5.74, 6) is -2.15. The van der Waals surface area contributed by atoms with Crippen LogP contribution in [0.5, 0.6) is 35.3 Å². The Labute approximate surface area is 556 Å². The number of rotatable bonds is 12. The Balaban J connectivity index is 0.000000157. The number of aryl methyl sites for hydroxylation is 3. The fraction of sp³-hybridized carbons (Fsp3) is 0.280. The zero-order valence-electron chi connectivity index (χ0n) is 56.1. The Morgan fingerprint density at radius 3 is 0.708 bits per heavy atom. The second kappa shape index (κ2) is 26.3. The predicted octanol–water partition coefficient (Wildman–Crippen LogP) is 13.5. The Kier molecular flexibility index (Phi) is 18.5. The molecule has 96 heavy (non-hydrogen) atoms. The van der Waals surface area contributed by atoms with E-state index in [0.29, 0.717) is 85.7 Å². The molecule has 9 heterocycles. The topological polar surface area (TPSA) is 278 Å². The van der Waals surface area contributed by atoms with E-state index in [0.717, 1.165) is 50.5 Å². The number of aliphatic carboxylic acids is 3. The first-order valence-corrected chi connectivity index (χ1v) is 30.9. The highest BCUT2D eigenvalue weighted by Gasteiger charge is 2.48. The molecule has 3 amide bonds. The fourth-order valence-electron chi connectivity index (χ4n) is 11.9. The molecule has 3 atom stereocenters. The van der Waals surface area contributed by atoms with Crippen LogP contribution >= 0.6 is 0 Å². The van der Waals surface area contributed by atoms with Crippen LogP contribution in [0, 0.1) is 37.0 Å². The first-order chi connectivity index (χ1) is 45.3. The lowest BCUT2D eigenvalue weighted by Crippen LogP contribution is -2.34. The number of hydrogen-bond donors (Lipinski definition) is 3. The lowest BCUT2D eigenvalue weighted by molar-refractivity contribution is -0.148. The standard InChI is InChI=1S/3C25H25N3O4/c3*1-14-6-11-17-20(25(2,3)24(30)31)18-12-13-19(27-22(18)32-21(17)26-14)15-7-9-16(10-8-15)23(29)28(4)5/h3*6-13,20H,1-5H3,(H,30,31)/t2*20-;/m10./s1. The number of carbonyl (C=O) groups is 6. The first-order valence-electron chi connectivity index (χ1n) is 30.9. The van der Waals surface area contributed by atoms with E-state index in [1.54, 1.807) is 120 Å². The Morgan fingerprint density at radius 1 is 0.312 bits per heavy atom. The van der Waals surface area contributed by atoms with Crippen molar-refractivity contribution in [2.24, 2.45) is 16.2 Å². The third kappa shape index (κ3) is 13.2. The number of hydrogen-bond acceptors (Lipinski definition) is 15. The maximum Gasteiger partial charge on any atom is 0.310 e. The van der Waals surface area contributed by atoms with Gasteiger partial charge in [-0.15, -0.1) is 0 Å². The minimum Gasteiger partial charge on any atom is -0.481 e. The number of nitrogens with zero attached hydrogens (tertiary/aromatic N) is 9. The van der Waals surface area contributed by atoms with E-state index in [1.165, 1.54) is 14.7 Å². The van der Waals surface area contributed by atoms with Gasteiger partial charge in [0.1, 0.15) is 0 Å². The zero-order valence-corrected chi connectivity index (χ0v) is 56.1. The van der Waals surface area contributed by atoms with Crippen molar-refractivity contribution in [3.8, 4) is 69.1 Å². The van der Waals surface area contributed by atoms with Gasteiger partial charge < -0.3 is 44.2 Å². The number of carboxylic acid groups (broad SMARTS) is 3. The molecule has 3 aromatic carbocycles. The number of carboxylic acids is 3. The molecule has 3 aliphatic heterocycles. The van der Waals surface area contributed by atoms with E-state index in [2.05, 4.69) is 15.0 Å². The van der Waals surface area contributed by atoms with Crippen LogP contribution in [0.15, 0.2) is 146 Å². The van der Waals surface area contributed by atoms with Crippen molar-refractivity contribution in [2.75, 3.05) is 42.3 Å². The smallest absolute Gasteiger partial charge is 0.310 e. The third-order valence-corrected chi connectivity index (χ3v) is 17.5. The van der Waals surface area contributed by atoms with Crippen molar-refractivity contribution in [2.45, 2.75) is 80.1 Å². The summed E-state index contributed by atoms with van der Waals surface area (Å²) in [5.41, 5.74) is 9.58. The van der Waals surface area contributed by atoms with E-state index < -0.39 is 51.9 Å². The quantitative estimate of drug-likeness (QED) is 0.102. The second-order valence-electron chi connectivity index (χ2n) is 26.3. The van der Waals surface area contributed by atoms with Crippen LogP contribution in [0.25, 0.3) is 33.8 Å². The molecule has 0 fully saturated rings. The zero-order chi connectivity index (χ0) is 69.6. The molecule has 0 aliphatic carbocycles. The van der Waals surface area contributed by atoms with Gasteiger partial charge in [-0.1, -0.05) is 72.8 Å². The lowest BCUT2D eigenvalue weighted by Gasteiger charge is -2.35. The molecule has 1 unspecified atom stereocenters. The lowest BCUT2D eigenvalue weighted by atomic mass is 9.71. The number of pyridine rings is 6. The molecule has 0 saturated heterocycles. The van der Waals surface area contributed by atoms with Crippen LogP contribution in [0.1, 0.15) is 141 Å². The average Bonchev–Trinajstić information content (AvgIpc) is 0.756. The monoisotopic (exact) mass is 1290 g/mol. The summed E-state index contributed by atoms with van der Waals surface area (Å²) in [7, 11) is 10.3. The van der Waals surface area contributed by atoms with Gasteiger partial charge in [-0.05, 0) is 135 Å². The fourth-order valence-corrected chi connectivity index (χ4v) is 11.9. The van der Waals surface area contributed by atoms with Crippen molar-refractivity contribution in [1.82, 2.24) is 44.6 Å². The minimum atomic E-state index is -1.10. The number of fused-ring (bicyclic) bond motifs is 6. The predicted molar refractivity (Wildman–Crippen MR) is 360 cm³/mol. The van der Waals surface area contributed by atoms with Crippen LogP contribution in [0.2, 0.25) is 0 Å². The summed E-state index contributed by atoms with van der Waals surface area (Å²) < 4.78 is 18.1. The van der Waals surface area contributed by atoms with Crippen LogP contribution in [0.3, 0.4) is 0 Å². The van der Waals surface area contributed by atoms with Crippen molar-refractivity contribution >= 4 is 35.6 Å². The van der Waals surface area contributed by atoms with Gasteiger partial charge in [-0.3, -0.25) is 28.8 Å². The van der Waals surface area contributed by atoms with Crippen LogP contribution in [-0.2, 0) is 14.4 Å². The first kappa shape index (κ1) is 67.7. The molecule has 0 spiro atoms. The third-order valence-electron chi connectivity index (χ3n) is 17.5. The highest BCUT2D eigenvalue weighted by Crippen LogP contribution is 2.54. The van der Waals surface area contributed by atoms with E-state index in [9.17, 15) is 44.1 Å². The summed E-state index contributed by atoms with van der Waals surface area (Å²) in [6, 6.07) is 43.9. The Hall–Kier alpha value is -11.2. The molecule has 6 aromatic heterocycles. The van der Waals surface area contributed by atoms with Crippen LogP contribution in [-0.4, -0.2) is 138 Å². The Morgan fingerprint density at radius 2 is 0.510 bits per heavy atom. The minimum absolute atomic E-state index is 0.0740. The number of carbonyl (C=O) groups excluding carboxylic acids is 3. The summed E-state index contributed by atoms with van der Waals surface area (Å²) in [5, 5.41) is 29.8. The van der Waals surface area contributed by atoms with Crippen LogP contribution < -0.4 is 14.2 Å². The van der Waals surface area contributed by atoms with Gasteiger partial charge in [0, 0.05) is 144 Å². The van der Waals surface area contributed by atoms with E-state index in [4.69, 9.17) is 29.2 Å². The highest BCUT2D eigenvalue weighted by molar-refractivity contribution is 5.96. The second-order valence-corrected chi connectivity index (χ2v) is 26.3. The van der Waals surface area contributed by atoms with Crippen molar-refractivity contribution in [3.63, 3.8) is 0 Å². The number of benzene rings is 3. The SMILES string of the molecule is Cc1ccc2c(n1)Oc1nc(-c3ccc(C(=O)N(C)C)cc3)ccc1C2C(C)(C)C(=O)O.Cc1ccc2c(n1)Oc1nc(-c3ccc(C(=O)N(C)C)cc3)ccc1[C@@H]2C(C)(C)C(=O)O.Cc1ccc2c(n1)Oc1nc(-c3ccc(C(=O)N(C)C)cc3)ccc1[C@H]2C(C)(C)C(=O)O. The van der Waals surface area contributed by atoms with Crippen molar-refractivity contribution in [1.29, 1.82) is 0 Å². The van der Waals surface area contributed by atoms with Gasteiger partial charge in [-0.2, -0.15) is 0 Å². The van der Waals surface area contributed by atoms with Gasteiger partial charge in [0.2, 0.25) is 35.3 Å². The molecule has 0 radical (unpaired) electrons. The maximum atomic E-state index is 12.1. The molecular formula is C75H75N9O12. The van der Waals surface area contributed by atoms with Gasteiger partial charge in [0.15, 0.2) is 0 Å². The average molecular weight is 1290 g/mol. The summed E-state index contributed by atoms with van der Waals surface area (Å²) in [6.07, 6.45) is 0. The normalized spacial score (nSPS) is 14.7. The molecule has 3 aliphatic rings. The molecule has 0 saturated carbocycles. The molecule has 9 aromatic rings. The van der Waals surface area contributed by atoms with Gasteiger partial charge in [0.05, 0.1) is 33.3 Å². The Bertz CT molecular complexity index is 4110. The van der Waals surface area contributed by atoms with Crippen LogP contribution in [0.4, 0.5) is 0 Å². The van der Waals surface area contributed by atoms with Gasteiger partial charge in [0.25, 0.3) is 17.7 Å². The molecule has 21 heteroatoms. The highest BCUT2D eigenvalue weighted by atomic mass is 16.5. The molecule has 0 bridgehead atoms. The maximum absolute atomic E-state index is 12.1. The van der Waals surface area contributed by atoms with Gasteiger partial charge in [-0.25, -0.2) is 29.9 Å². The van der Waals surface area contributed by atoms with E-state index >= 15 is 0 Å². The van der Waals surface area contributed by atoms with E-state index in [-0.39, 0.29) is 17.7 Å². The summed E-state index contributed by atoms with van der Waals surface area (Å²) >= 11 is 0. The largest absolute Gasteiger partial charge is 0.481 e. The number of ether oxygens (including phenoxy) is 3. The van der Waals surface area contributed by atoms with Crippen molar-refractivity contribution in [3.05, 3.63) is 213 Å². The number of aromatic nitrogens is 6. The van der Waals surface area contributed by atoms with Crippen molar-refractivity contribution < 1.29 is 58.3 Å².